The number of anilines is 1. The molecule has 1 aromatic heterocycles. The first-order chi connectivity index (χ1) is 9.54. The Hall–Kier alpha value is -2.33. The molecule has 0 atom stereocenters. The van der Waals surface area contributed by atoms with Gasteiger partial charge in [0.1, 0.15) is 0 Å². The quantitative estimate of drug-likeness (QED) is 0.674. The van der Waals surface area contributed by atoms with Crippen molar-refractivity contribution in [2.24, 2.45) is 0 Å². The van der Waals surface area contributed by atoms with Gasteiger partial charge in [-0.15, -0.1) is 0 Å². The average molecular weight is 287 g/mol. The smallest absolute Gasteiger partial charge is 0.256 e. The van der Waals surface area contributed by atoms with Gasteiger partial charge < -0.3 is 10.3 Å². The predicted octanol–water partition coefficient (Wildman–Crippen LogP) is 3.29. The highest BCUT2D eigenvalue weighted by Gasteiger charge is 2.07. The second kappa shape index (κ2) is 4.65. The van der Waals surface area contributed by atoms with Crippen LogP contribution >= 0.6 is 11.6 Å². The van der Waals surface area contributed by atoms with E-state index in [1.54, 1.807) is 24.3 Å². The Morgan fingerprint density at radius 3 is 2.65 bits per heavy atom. The number of hydrogen-bond acceptors (Lipinski definition) is 2. The minimum Gasteiger partial charge on any atom is -0.326 e. The number of fused-ring (bicyclic) bond motifs is 3. The maximum Gasteiger partial charge on any atom is 0.256 e. The molecule has 3 aromatic rings. The van der Waals surface area contributed by atoms with Gasteiger partial charge in [-0.3, -0.25) is 9.59 Å². The number of pyridine rings is 1. The first-order valence-electron chi connectivity index (χ1n) is 6.07. The van der Waals surface area contributed by atoms with E-state index >= 15 is 0 Å². The van der Waals surface area contributed by atoms with Crippen molar-refractivity contribution in [3.05, 3.63) is 51.8 Å². The lowest BCUT2D eigenvalue weighted by Gasteiger charge is -2.07. The summed E-state index contributed by atoms with van der Waals surface area (Å²) in [6, 6.07) is 10.6. The Morgan fingerprint density at radius 1 is 1.10 bits per heavy atom. The zero-order valence-electron chi connectivity index (χ0n) is 10.7. The minimum absolute atomic E-state index is 0.138. The summed E-state index contributed by atoms with van der Waals surface area (Å²) in [6.45, 7) is 1.45. The van der Waals surface area contributed by atoms with E-state index in [1.165, 1.54) is 6.92 Å². The van der Waals surface area contributed by atoms with Crippen LogP contribution in [0.2, 0.25) is 5.02 Å². The second-order valence-electron chi connectivity index (χ2n) is 4.59. The number of aromatic nitrogens is 1. The standard InChI is InChI=1S/C15H11ClN2O2/c1-8(19)17-10-3-5-14-12(7-10)11-4-2-9(16)6-13(11)15(20)18-14/h2-7H,1H3,(H,17,19)(H,18,20). The molecule has 0 aliphatic carbocycles. The molecule has 4 nitrogen and oxygen atoms in total. The maximum atomic E-state index is 12.0. The first-order valence-corrected chi connectivity index (χ1v) is 6.45. The number of carbonyl (C=O) groups is 1. The maximum absolute atomic E-state index is 12.0. The van der Waals surface area contributed by atoms with Gasteiger partial charge in [0.15, 0.2) is 0 Å². The Balaban J connectivity index is 2.37. The fourth-order valence-electron chi connectivity index (χ4n) is 2.29. The van der Waals surface area contributed by atoms with Gasteiger partial charge in [-0.1, -0.05) is 17.7 Å². The molecule has 5 heteroatoms. The van der Waals surface area contributed by atoms with Gasteiger partial charge in [0.25, 0.3) is 5.56 Å². The van der Waals surface area contributed by atoms with Crippen molar-refractivity contribution in [3.63, 3.8) is 0 Å². The topological polar surface area (TPSA) is 62.0 Å². The van der Waals surface area contributed by atoms with Crippen LogP contribution in [-0.2, 0) is 4.79 Å². The zero-order valence-corrected chi connectivity index (χ0v) is 11.4. The molecule has 100 valence electrons. The highest BCUT2D eigenvalue weighted by molar-refractivity contribution is 6.31. The molecular weight excluding hydrogens is 276 g/mol. The molecule has 0 aliphatic heterocycles. The van der Waals surface area contributed by atoms with Gasteiger partial charge in [-0.05, 0) is 35.7 Å². The van der Waals surface area contributed by atoms with Crippen molar-refractivity contribution in [2.75, 3.05) is 5.32 Å². The van der Waals surface area contributed by atoms with Crippen molar-refractivity contribution >= 4 is 44.9 Å². The number of carbonyl (C=O) groups excluding carboxylic acids is 1. The van der Waals surface area contributed by atoms with Crippen molar-refractivity contribution in [1.82, 2.24) is 4.98 Å². The third-order valence-corrected chi connectivity index (χ3v) is 3.34. The fraction of sp³-hybridized carbons (Fsp3) is 0.0667. The molecule has 0 aliphatic rings. The molecule has 3 rings (SSSR count). The van der Waals surface area contributed by atoms with Gasteiger partial charge in [-0.2, -0.15) is 0 Å². The normalized spacial score (nSPS) is 10.9. The molecule has 20 heavy (non-hydrogen) atoms. The van der Waals surface area contributed by atoms with Crippen LogP contribution in [0.15, 0.2) is 41.2 Å². The van der Waals surface area contributed by atoms with Crippen LogP contribution in [0.3, 0.4) is 0 Å². The van der Waals surface area contributed by atoms with Crippen molar-refractivity contribution in [2.45, 2.75) is 6.92 Å². The van der Waals surface area contributed by atoms with E-state index in [9.17, 15) is 9.59 Å². The number of hydrogen-bond donors (Lipinski definition) is 2. The van der Waals surface area contributed by atoms with Crippen LogP contribution in [-0.4, -0.2) is 10.9 Å². The van der Waals surface area contributed by atoms with Crippen molar-refractivity contribution in [1.29, 1.82) is 0 Å². The molecule has 0 bridgehead atoms. The van der Waals surface area contributed by atoms with E-state index in [1.807, 2.05) is 12.1 Å². The Morgan fingerprint density at radius 2 is 1.90 bits per heavy atom. The predicted molar refractivity (Wildman–Crippen MR) is 81.4 cm³/mol. The Kier molecular flexibility index (Phi) is 2.95. The van der Waals surface area contributed by atoms with Crippen LogP contribution in [0, 0.1) is 0 Å². The summed E-state index contributed by atoms with van der Waals surface area (Å²) in [5.74, 6) is -0.138. The molecule has 0 saturated carbocycles. The summed E-state index contributed by atoms with van der Waals surface area (Å²) in [7, 11) is 0. The van der Waals surface area contributed by atoms with Crippen LogP contribution in [0.5, 0.6) is 0 Å². The molecule has 0 spiro atoms. The summed E-state index contributed by atoms with van der Waals surface area (Å²) < 4.78 is 0. The first kappa shape index (κ1) is 12.7. The molecule has 2 aromatic carbocycles. The van der Waals surface area contributed by atoms with Crippen LogP contribution in [0.25, 0.3) is 21.7 Å². The number of aromatic amines is 1. The molecule has 1 heterocycles. The van der Waals surface area contributed by atoms with Crippen LogP contribution in [0.1, 0.15) is 6.92 Å². The van der Waals surface area contributed by atoms with E-state index < -0.39 is 0 Å². The van der Waals surface area contributed by atoms with Gasteiger partial charge in [0, 0.05) is 33.9 Å². The van der Waals surface area contributed by atoms with Crippen molar-refractivity contribution in [3.8, 4) is 0 Å². The number of halogens is 1. The number of H-pyrrole nitrogens is 1. The number of benzene rings is 2. The number of rotatable bonds is 1. The average Bonchev–Trinajstić information content (AvgIpc) is 2.39. The second-order valence-corrected chi connectivity index (χ2v) is 5.02. The lowest BCUT2D eigenvalue weighted by Crippen LogP contribution is -2.08. The molecule has 0 unspecified atom stereocenters. The van der Waals surface area contributed by atoms with Crippen LogP contribution < -0.4 is 10.9 Å². The summed E-state index contributed by atoms with van der Waals surface area (Å²) in [6.07, 6.45) is 0. The molecule has 1 amide bonds. The Bertz CT molecular complexity index is 899. The van der Waals surface area contributed by atoms with E-state index in [2.05, 4.69) is 10.3 Å². The molecule has 0 saturated heterocycles. The zero-order chi connectivity index (χ0) is 14.3. The summed E-state index contributed by atoms with van der Waals surface area (Å²) in [5.41, 5.74) is 1.23. The molecule has 0 radical (unpaired) electrons. The minimum atomic E-state index is -0.178. The number of nitrogens with one attached hydrogen (secondary N) is 2. The highest BCUT2D eigenvalue weighted by Crippen LogP contribution is 2.26. The van der Waals surface area contributed by atoms with Gasteiger partial charge in [0.05, 0.1) is 0 Å². The van der Waals surface area contributed by atoms with Gasteiger partial charge >= 0.3 is 0 Å². The molecule has 2 N–H and O–H groups in total. The van der Waals surface area contributed by atoms with E-state index in [0.717, 1.165) is 16.3 Å². The molecular formula is C15H11ClN2O2. The third-order valence-electron chi connectivity index (χ3n) is 3.10. The van der Waals surface area contributed by atoms with E-state index in [0.29, 0.717) is 16.1 Å². The monoisotopic (exact) mass is 286 g/mol. The largest absolute Gasteiger partial charge is 0.326 e. The summed E-state index contributed by atoms with van der Waals surface area (Å²) in [4.78, 5) is 26.0. The number of amides is 1. The van der Waals surface area contributed by atoms with E-state index in [-0.39, 0.29) is 11.5 Å². The highest BCUT2D eigenvalue weighted by atomic mass is 35.5. The van der Waals surface area contributed by atoms with Gasteiger partial charge in [-0.25, -0.2) is 0 Å². The summed E-state index contributed by atoms with van der Waals surface area (Å²) in [5, 5.41) is 5.45. The Labute approximate surface area is 119 Å². The summed E-state index contributed by atoms with van der Waals surface area (Å²) >= 11 is 5.93. The SMILES string of the molecule is CC(=O)Nc1ccc2[nH]c(=O)c3cc(Cl)ccc3c2c1. The fourth-order valence-corrected chi connectivity index (χ4v) is 2.46. The van der Waals surface area contributed by atoms with E-state index in [4.69, 9.17) is 11.6 Å². The van der Waals surface area contributed by atoms with Gasteiger partial charge in [0.2, 0.25) is 5.91 Å². The lowest BCUT2D eigenvalue weighted by molar-refractivity contribution is -0.114. The molecule has 0 fully saturated rings. The van der Waals surface area contributed by atoms with Crippen molar-refractivity contribution < 1.29 is 4.79 Å². The lowest BCUT2D eigenvalue weighted by atomic mass is 10.1. The third kappa shape index (κ3) is 2.14. The van der Waals surface area contributed by atoms with Crippen LogP contribution in [0.4, 0.5) is 5.69 Å².